The summed E-state index contributed by atoms with van der Waals surface area (Å²) in [5.74, 6) is 0.869. The molecule has 1 amide bonds. The molecule has 0 aliphatic carbocycles. The van der Waals surface area contributed by atoms with Gasteiger partial charge in [0.1, 0.15) is 5.82 Å². The van der Waals surface area contributed by atoms with Gasteiger partial charge in [0.15, 0.2) is 9.84 Å². The Labute approximate surface area is 154 Å². The lowest BCUT2D eigenvalue weighted by molar-refractivity contribution is 0.0785. The summed E-state index contributed by atoms with van der Waals surface area (Å²) in [6.07, 6.45) is 2.19. The van der Waals surface area contributed by atoms with E-state index in [4.69, 9.17) is 0 Å². The highest BCUT2D eigenvalue weighted by molar-refractivity contribution is 7.91. The average molecular weight is 373 g/mol. The molecule has 0 saturated carbocycles. The molecule has 1 aliphatic heterocycles. The van der Waals surface area contributed by atoms with Crippen LogP contribution in [0.5, 0.6) is 0 Å². The van der Waals surface area contributed by atoms with Gasteiger partial charge >= 0.3 is 0 Å². The van der Waals surface area contributed by atoms with Crippen molar-refractivity contribution in [3.63, 3.8) is 0 Å². The number of sulfone groups is 1. The highest BCUT2D eigenvalue weighted by Crippen LogP contribution is 2.22. The van der Waals surface area contributed by atoms with E-state index in [1.54, 1.807) is 30.3 Å². The van der Waals surface area contributed by atoms with Crippen LogP contribution in [0.4, 0.5) is 5.82 Å². The molecule has 2 heterocycles. The largest absolute Gasteiger partial charge is 0.356 e. The molecular weight excluding hydrogens is 350 g/mol. The van der Waals surface area contributed by atoms with Crippen molar-refractivity contribution in [2.24, 2.45) is 0 Å². The number of hydrogen-bond acceptors (Lipinski definition) is 5. The Kier molecular flexibility index (Phi) is 5.27. The molecule has 3 rings (SSSR count). The minimum absolute atomic E-state index is 0.0926. The molecule has 1 unspecified atom stereocenters. The number of anilines is 1. The minimum atomic E-state index is -2.97. The van der Waals surface area contributed by atoms with E-state index in [9.17, 15) is 13.2 Å². The Morgan fingerprint density at radius 1 is 1.19 bits per heavy atom. The quantitative estimate of drug-likeness (QED) is 0.801. The van der Waals surface area contributed by atoms with Crippen molar-refractivity contribution in [2.75, 3.05) is 30.5 Å². The van der Waals surface area contributed by atoms with E-state index in [0.717, 1.165) is 5.56 Å². The number of amides is 1. The van der Waals surface area contributed by atoms with Gasteiger partial charge in [-0.25, -0.2) is 13.4 Å². The van der Waals surface area contributed by atoms with Crippen LogP contribution < -0.4 is 4.90 Å². The molecule has 1 fully saturated rings. The van der Waals surface area contributed by atoms with Crippen molar-refractivity contribution >= 4 is 21.6 Å². The SMILES string of the molecule is CN(Cc1ccccc1)C(=O)c1ccnc(N(C)C2CCS(=O)(=O)C2)c1. The third-order valence-electron chi connectivity index (χ3n) is 4.72. The first-order valence-corrected chi connectivity index (χ1v) is 10.4. The van der Waals surface area contributed by atoms with E-state index in [0.29, 0.717) is 24.3 Å². The van der Waals surface area contributed by atoms with Gasteiger partial charge in [-0.05, 0) is 24.1 Å². The van der Waals surface area contributed by atoms with Crippen molar-refractivity contribution in [2.45, 2.75) is 19.0 Å². The monoisotopic (exact) mass is 373 g/mol. The van der Waals surface area contributed by atoms with Crippen LogP contribution in [0, 0.1) is 0 Å². The van der Waals surface area contributed by atoms with Gasteiger partial charge in [-0.15, -0.1) is 0 Å². The maximum absolute atomic E-state index is 12.7. The van der Waals surface area contributed by atoms with E-state index in [-0.39, 0.29) is 23.5 Å². The van der Waals surface area contributed by atoms with E-state index >= 15 is 0 Å². The van der Waals surface area contributed by atoms with Crippen molar-refractivity contribution in [3.8, 4) is 0 Å². The van der Waals surface area contributed by atoms with Crippen LogP contribution in [0.3, 0.4) is 0 Å². The van der Waals surface area contributed by atoms with Crippen molar-refractivity contribution in [1.29, 1.82) is 0 Å². The summed E-state index contributed by atoms with van der Waals surface area (Å²) in [7, 11) is 0.628. The van der Waals surface area contributed by atoms with Gasteiger partial charge in [-0.3, -0.25) is 4.79 Å². The summed E-state index contributed by atoms with van der Waals surface area (Å²) in [5.41, 5.74) is 1.60. The Hall–Kier alpha value is -2.41. The lowest BCUT2D eigenvalue weighted by Gasteiger charge is -2.25. The van der Waals surface area contributed by atoms with Crippen LogP contribution in [-0.4, -0.2) is 55.9 Å². The smallest absolute Gasteiger partial charge is 0.254 e. The van der Waals surface area contributed by atoms with Crippen LogP contribution in [-0.2, 0) is 16.4 Å². The molecule has 0 radical (unpaired) electrons. The number of carbonyl (C=O) groups is 1. The lowest BCUT2D eigenvalue weighted by Crippen LogP contribution is -2.33. The summed E-state index contributed by atoms with van der Waals surface area (Å²) >= 11 is 0. The lowest BCUT2D eigenvalue weighted by atomic mass is 10.1. The molecule has 1 saturated heterocycles. The van der Waals surface area contributed by atoms with Crippen LogP contribution in [0.1, 0.15) is 22.3 Å². The number of rotatable bonds is 5. The summed E-state index contributed by atoms with van der Waals surface area (Å²) < 4.78 is 23.4. The fourth-order valence-corrected chi connectivity index (χ4v) is 4.94. The summed E-state index contributed by atoms with van der Waals surface area (Å²) in [5, 5.41) is 0. The second-order valence-electron chi connectivity index (χ2n) is 6.72. The second kappa shape index (κ2) is 7.45. The topological polar surface area (TPSA) is 70.6 Å². The Bertz CT molecular complexity index is 884. The molecule has 0 N–H and O–H groups in total. The molecule has 1 aromatic heterocycles. The fraction of sp³-hybridized carbons (Fsp3) is 0.368. The van der Waals surface area contributed by atoms with Gasteiger partial charge in [-0.2, -0.15) is 0 Å². The van der Waals surface area contributed by atoms with Crippen molar-refractivity contribution < 1.29 is 13.2 Å². The second-order valence-corrected chi connectivity index (χ2v) is 8.95. The van der Waals surface area contributed by atoms with Gasteiger partial charge in [-0.1, -0.05) is 30.3 Å². The normalized spacial score (nSPS) is 18.5. The third-order valence-corrected chi connectivity index (χ3v) is 6.47. The van der Waals surface area contributed by atoms with Crippen LogP contribution in [0.25, 0.3) is 0 Å². The number of benzene rings is 1. The predicted molar refractivity (Wildman–Crippen MR) is 102 cm³/mol. The first-order chi connectivity index (χ1) is 12.4. The summed E-state index contributed by atoms with van der Waals surface area (Å²) in [6, 6.07) is 13.1. The molecule has 7 heteroatoms. The molecule has 1 aliphatic rings. The number of hydrogen-bond donors (Lipinski definition) is 0. The number of pyridine rings is 1. The van der Waals surface area contributed by atoms with Gasteiger partial charge in [0.2, 0.25) is 0 Å². The molecule has 0 spiro atoms. The maximum atomic E-state index is 12.7. The number of carbonyl (C=O) groups excluding carboxylic acids is 1. The molecule has 1 aromatic carbocycles. The number of aromatic nitrogens is 1. The van der Waals surface area contributed by atoms with Crippen molar-refractivity contribution in [1.82, 2.24) is 9.88 Å². The van der Waals surface area contributed by atoms with Gasteiger partial charge < -0.3 is 9.80 Å². The third kappa shape index (κ3) is 4.22. The van der Waals surface area contributed by atoms with Gasteiger partial charge in [0, 0.05) is 38.4 Å². The van der Waals surface area contributed by atoms with Crippen LogP contribution in [0.2, 0.25) is 0 Å². The Balaban J connectivity index is 1.73. The fourth-order valence-electron chi connectivity index (χ4n) is 3.16. The van der Waals surface area contributed by atoms with E-state index in [1.165, 1.54) is 0 Å². The Morgan fingerprint density at radius 2 is 1.92 bits per heavy atom. The summed E-state index contributed by atoms with van der Waals surface area (Å²) in [6.45, 7) is 0.522. The molecule has 2 aromatic rings. The zero-order chi connectivity index (χ0) is 18.7. The zero-order valence-electron chi connectivity index (χ0n) is 15.0. The van der Waals surface area contributed by atoms with E-state index in [2.05, 4.69) is 4.98 Å². The highest BCUT2D eigenvalue weighted by atomic mass is 32.2. The van der Waals surface area contributed by atoms with E-state index in [1.807, 2.05) is 42.3 Å². The maximum Gasteiger partial charge on any atom is 0.254 e. The van der Waals surface area contributed by atoms with Gasteiger partial charge in [0.05, 0.1) is 11.5 Å². The molecule has 138 valence electrons. The molecule has 0 bridgehead atoms. The molecule has 6 nitrogen and oxygen atoms in total. The van der Waals surface area contributed by atoms with Crippen LogP contribution in [0.15, 0.2) is 48.7 Å². The standard InChI is InChI=1S/C19H23N3O3S/c1-21(13-15-6-4-3-5-7-15)19(23)16-8-10-20-18(12-16)22(2)17-9-11-26(24,25)14-17/h3-8,10,12,17H,9,11,13-14H2,1-2H3. The molecule has 26 heavy (non-hydrogen) atoms. The predicted octanol–water partition coefficient (Wildman–Crippen LogP) is 1.98. The molecule has 1 atom stereocenters. The van der Waals surface area contributed by atoms with Crippen molar-refractivity contribution in [3.05, 3.63) is 59.8 Å². The first-order valence-electron chi connectivity index (χ1n) is 8.54. The highest BCUT2D eigenvalue weighted by Gasteiger charge is 2.31. The minimum Gasteiger partial charge on any atom is -0.356 e. The summed E-state index contributed by atoms with van der Waals surface area (Å²) in [4.78, 5) is 20.6. The Morgan fingerprint density at radius 3 is 2.58 bits per heavy atom. The van der Waals surface area contributed by atoms with Gasteiger partial charge in [0.25, 0.3) is 5.91 Å². The average Bonchev–Trinajstić information content (AvgIpc) is 3.01. The van der Waals surface area contributed by atoms with Crippen LogP contribution >= 0.6 is 0 Å². The number of nitrogens with zero attached hydrogens (tertiary/aromatic N) is 3. The first kappa shape index (κ1) is 18.4. The molecular formula is C19H23N3O3S. The zero-order valence-corrected chi connectivity index (χ0v) is 15.8. The van der Waals surface area contributed by atoms with E-state index < -0.39 is 9.84 Å².